The second kappa shape index (κ2) is 4.17. The largest absolute Gasteiger partial charge is 0.330 e. The highest BCUT2D eigenvalue weighted by Gasteiger charge is 2.36. The zero-order valence-electron chi connectivity index (χ0n) is 10.2. The van der Waals surface area contributed by atoms with Crippen LogP contribution in [0.5, 0.6) is 0 Å². The number of anilines is 1. The molecule has 19 heavy (non-hydrogen) atoms. The lowest BCUT2D eigenvalue weighted by molar-refractivity contribution is -0.117. The van der Waals surface area contributed by atoms with E-state index in [9.17, 15) is 14.4 Å². The van der Waals surface area contributed by atoms with Crippen LogP contribution in [0.3, 0.4) is 0 Å². The normalized spacial score (nSPS) is 21.8. The molecule has 0 saturated carbocycles. The molecule has 2 heterocycles. The molecule has 6 heteroatoms. The molecule has 1 aromatic rings. The third kappa shape index (κ3) is 1.72. The lowest BCUT2D eigenvalue weighted by atomic mass is 10.1. The van der Waals surface area contributed by atoms with Gasteiger partial charge < -0.3 is 10.6 Å². The van der Waals surface area contributed by atoms with E-state index in [1.165, 1.54) is 0 Å². The van der Waals surface area contributed by atoms with E-state index in [4.69, 9.17) is 5.73 Å². The molecule has 2 aliphatic heterocycles. The molecule has 1 aromatic carbocycles. The van der Waals surface area contributed by atoms with Crippen molar-refractivity contribution in [3.8, 4) is 0 Å². The van der Waals surface area contributed by atoms with Gasteiger partial charge in [-0.1, -0.05) is 6.07 Å². The Bertz CT molecular complexity index is 597. The standard InChI is InChI=1S/C13H13N3O3/c14-5-7-4-10(17)16(6-7)9-3-1-2-8-11(9)13(19)15-12(8)18/h1-3,7H,4-6,14H2,(H,15,18,19). The fourth-order valence-electron chi connectivity index (χ4n) is 2.60. The van der Waals surface area contributed by atoms with Crippen molar-refractivity contribution in [3.63, 3.8) is 0 Å². The van der Waals surface area contributed by atoms with Crippen molar-refractivity contribution in [1.82, 2.24) is 5.32 Å². The van der Waals surface area contributed by atoms with Crippen molar-refractivity contribution in [2.24, 2.45) is 11.7 Å². The number of amides is 3. The Kier molecular flexibility index (Phi) is 2.60. The molecule has 98 valence electrons. The number of fused-ring (bicyclic) bond motifs is 1. The first-order valence-electron chi connectivity index (χ1n) is 6.11. The van der Waals surface area contributed by atoms with Crippen LogP contribution in [-0.2, 0) is 4.79 Å². The zero-order valence-corrected chi connectivity index (χ0v) is 10.2. The van der Waals surface area contributed by atoms with Gasteiger partial charge in [0.25, 0.3) is 11.8 Å². The predicted octanol–water partition coefficient (Wildman–Crippen LogP) is -0.118. The number of rotatable bonds is 2. The van der Waals surface area contributed by atoms with Crippen LogP contribution in [0.2, 0.25) is 0 Å². The molecule has 1 atom stereocenters. The van der Waals surface area contributed by atoms with E-state index in [-0.39, 0.29) is 11.8 Å². The summed E-state index contributed by atoms with van der Waals surface area (Å²) in [5.41, 5.74) is 6.70. The van der Waals surface area contributed by atoms with Crippen LogP contribution in [0.25, 0.3) is 0 Å². The van der Waals surface area contributed by atoms with Crippen molar-refractivity contribution in [2.45, 2.75) is 6.42 Å². The minimum Gasteiger partial charge on any atom is -0.330 e. The van der Waals surface area contributed by atoms with Gasteiger partial charge >= 0.3 is 0 Å². The lowest BCUT2D eigenvalue weighted by Gasteiger charge is -2.18. The quantitative estimate of drug-likeness (QED) is 0.724. The van der Waals surface area contributed by atoms with Crippen LogP contribution >= 0.6 is 0 Å². The summed E-state index contributed by atoms with van der Waals surface area (Å²) in [6, 6.07) is 4.95. The third-order valence-corrected chi connectivity index (χ3v) is 3.57. The number of carbonyl (C=O) groups excluding carboxylic acids is 3. The summed E-state index contributed by atoms with van der Waals surface area (Å²) < 4.78 is 0. The maximum Gasteiger partial charge on any atom is 0.261 e. The molecule has 1 unspecified atom stereocenters. The summed E-state index contributed by atoms with van der Waals surface area (Å²) in [5, 5.41) is 2.25. The molecule has 1 saturated heterocycles. The van der Waals surface area contributed by atoms with Crippen LogP contribution in [-0.4, -0.2) is 30.8 Å². The maximum absolute atomic E-state index is 12.0. The molecule has 1 fully saturated rings. The second-order valence-electron chi connectivity index (χ2n) is 4.79. The van der Waals surface area contributed by atoms with Gasteiger partial charge in [0.2, 0.25) is 5.91 Å². The van der Waals surface area contributed by atoms with Gasteiger partial charge in [0.15, 0.2) is 0 Å². The van der Waals surface area contributed by atoms with Crippen molar-refractivity contribution < 1.29 is 14.4 Å². The van der Waals surface area contributed by atoms with E-state index < -0.39 is 11.8 Å². The number of benzene rings is 1. The Balaban J connectivity index is 2.06. The van der Waals surface area contributed by atoms with E-state index in [1.807, 2.05) is 0 Å². The predicted molar refractivity (Wildman–Crippen MR) is 67.8 cm³/mol. The monoisotopic (exact) mass is 259 g/mol. The number of nitrogens with zero attached hydrogens (tertiary/aromatic N) is 1. The van der Waals surface area contributed by atoms with E-state index in [1.54, 1.807) is 23.1 Å². The molecule has 2 aliphatic rings. The van der Waals surface area contributed by atoms with Crippen LogP contribution in [0.15, 0.2) is 18.2 Å². The molecule has 0 bridgehead atoms. The minimum absolute atomic E-state index is 0.0593. The topological polar surface area (TPSA) is 92.5 Å². The molecule has 3 N–H and O–H groups in total. The SMILES string of the molecule is NCC1CC(=O)N(c2cccc3c2C(=O)NC3=O)C1. The first-order valence-corrected chi connectivity index (χ1v) is 6.11. The number of hydrogen-bond donors (Lipinski definition) is 2. The highest BCUT2D eigenvalue weighted by atomic mass is 16.2. The molecule has 0 radical (unpaired) electrons. The summed E-state index contributed by atoms with van der Waals surface area (Å²) in [4.78, 5) is 36.9. The Morgan fingerprint density at radius 1 is 1.26 bits per heavy atom. The third-order valence-electron chi connectivity index (χ3n) is 3.57. The van der Waals surface area contributed by atoms with E-state index in [0.717, 1.165) is 0 Å². The first kappa shape index (κ1) is 11.9. The van der Waals surface area contributed by atoms with E-state index >= 15 is 0 Å². The smallest absolute Gasteiger partial charge is 0.261 e. The second-order valence-corrected chi connectivity index (χ2v) is 4.79. The molecule has 0 aliphatic carbocycles. The molecule has 3 amide bonds. The Labute approximate surface area is 109 Å². The average Bonchev–Trinajstić information content (AvgIpc) is 2.91. The van der Waals surface area contributed by atoms with Crippen LogP contribution in [0.1, 0.15) is 27.1 Å². The first-order chi connectivity index (χ1) is 9.11. The van der Waals surface area contributed by atoms with E-state index in [0.29, 0.717) is 36.3 Å². The van der Waals surface area contributed by atoms with Crippen LogP contribution in [0, 0.1) is 5.92 Å². The summed E-state index contributed by atoms with van der Waals surface area (Å²) in [6.07, 6.45) is 0.385. The number of nitrogens with two attached hydrogens (primary N) is 1. The van der Waals surface area contributed by atoms with Gasteiger partial charge in [-0.25, -0.2) is 0 Å². The summed E-state index contributed by atoms with van der Waals surface area (Å²) in [7, 11) is 0. The molecule has 6 nitrogen and oxygen atoms in total. The van der Waals surface area contributed by atoms with Gasteiger partial charge in [0.1, 0.15) is 0 Å². The van der Waals surface area contributed by atoms with Gasteiger partial charge in [-0.05, 0) is 24.6 Å². The number of carbonyl (C=O) groups is 3. The number of hydrogen-bond acceptors (Lipinski definition) is 4. The van der Waals surface area contributed by atoms with E-state index in [2.05, 4.69) is 5.32 Å². The Hall–Kier alpha value is -2.21. The van der Waals surface area contributed by atoms with Crippen molar-refractivity contribution in [3.05, 3.63) is 29.3 Å². The average molecular weight is 259 g/mol. The molecule has 3 rings (SSSR count). The highest BCUT2D eigenvalue weighted by molar-refractivity contribution is 6.24. The molecular formula is C13H13N3O3. The Morgan fingerprint density at radius 2 is 2.05 bits per heavy atom. The lowest BCUT2D eigenvalue weighted by Crippen LogP contribution is -2.28. The fraction of sp³-hybridized carbons (Fsp3) is 0.308. The molecular weight excluding hydrogens is 246 g/mol. The molecule has 0 aromatic heterocycles. The van der Waals surface area contributed by atoms with Gasteiger partial charge in [-0.2, -0.15) is 0 Å². The van der Waals surface area contributed by atoms with Crippen molar-refractivity contribution in [2.75, 3.05) is 18.0 Å². The molecule has 0 spiro atoms. The van der Waals surface area contributed by atoms with Gasteiger partial charge in [-0.15, -0.1) is 0 Å². The number of nitrogens with one attached hydrogen (secondary N) is 1. The minimum atomic E-state index is -0.445. The van der Waals surface area contributed by atoms with Gasteiger partial charge in [0.05, 0.1) is 16.8 Å². The van der Waals surface area contributed by atoms with Gasteiger partial charge in [0, 0.05) is 13.0 Å². The summed E-state index contributed by atoms with van der Waals surface area (Å²) >= 11 is 0. The maximum atomic E-state index is 12.0. The number of imide groups is 1. The van der Waals surface area contributed by atoms with Gasteiger partial charge in [-0.3, -0.25) is 19.7 Å². The van der Waals surface area contributed by atoms with Crippen LogP contribution in [0.4, 0.5) is 5.69 Å². The van der Waals surface area contributed by atoms with Crippen molar-refractivity contribution >= 4 is 23.4 Å². The fourth-order valence-corrected chi connectivity index (χ4v) is 2.60. The highest BCUT2D eigenvalue weighted by Crippen LogP contribution is 2.31. The Morgan fingerprint density at radius 3 is 2.74 bits per heavy atom. The van der Waals surface area contributed by atoms with Crippen LogP contribution < -0.4 is 16.0 Å². The summed E-state index contributed by atoms with van der Waals surface area (Å²) in [6.45, 7) is 0.926. The summed E-state index contributed by atoms with van der Waals surface area (Å²) in [5.74, 6) is -0.817. The zero-order chi connectivity index (χ0) is 13.6. The van der Waals surface area contributed by atoms with Crippen molar-refractivity contribution in [1.29, 1.82) is 0 Å².